The Hall–Kier alpha value is -2.42. The van der Waals surface area contributed by atoms with Crippen LogP contribution in [0.5, 0.6) is 0 Å². The Bertz CT molecular complexity index is 1190. The summed E-state index contributed by atoms with van der Waals surface area (Å²) in [7, 11) is -3.94. The van der Waals surface area contributed by atoms with Crippen molar-refractivity contribution in [1.82, 2.24) is 9.21 Å². The Morgan fingerprint density at radius 2 is 1.74 bits per heavy atom. The summed E-state index contributed by atoms with van der Waals surface area (Å²) in [5.74, 6) is -1.01. The third kappa shape index (κ3) is 4.99. The molecule has 2 atom stereocenters. The highest BCUT2D eigenvalue weighted by molar-refractivity contribution is 7.89. The van der Waals surface area contributed by atoms with Gasteiger partial charge in [-0.3, -0.25) is 4.79 Å². The molecule has 2 aliphatic rings. The molecule has 0 bridgehead atoms. The number of halogens is 1. The summed E-state index contributed by atoms with van der Waals surface area (Å²) in [6, 6.07) is 11.9. The van der Waals surface area contributed by atoms with Crippen molar-refractivity contribution < 1.29 is 22.7 Å². The average molecular weight is 505 g/mol. The SMILES string of the molecule is CC1CCCC(C)N1C(=O)COC(=O)c1ccc(Cl)c(S(=O)(=O)N2CCc3ccccc3C2)c1. The minimum absolute atomic E-state index is 0.0300. The molecule has 2 aromatic carbocycles. The number of hydrogen-bond donors (Lipinski definition) is 0. The van der Waals surface area contributed by atoms with Crippen LogP contribution in [0, 0.1) is 0 Å². The monoisotopic (exact) mass is 504 g/mol. The predicted octanol–water partition coefficient (Wildman–Crippen LogP) is 4.03. The molecule has 1 fully saturated rings. The van der Waals surface area contributed by atoms with Gasteiger partial charge in [-0.05, 0) is 68.9 Å². The topological polar surface area (TPSA) is 84.0 Å². The minimum atomic E-state index is -3.94. The molecule has 182 valence electrons. The Morgan fingerprint density at radius 1 is 1.06 bits per heavy atom. The van der Waals surface area contributed by atoms with Crippen LogP contribution in [0.2, 0.25) is 5.02 Å². The lowest BCUT2D eigenvalue weighted by Crippen LogP contribution is -2.49. The molecular formula is C25H29ClN2O5S. The largest absolute Gasteiger partial charge is 0.452 e. The predicted molar refractivity (Wildman–Crippen MR) is 129 cm³/mol. The van der Waals surface area contributed by atoms with Crippen LogP contribution in [0.15, 0.2) is 47.4 Å². The zero-order chi connectivity index (χ0) is 24.5. The van der Waals surface area contributed by atoms with Gasteiger partial charge in [0.2, 0.25) is 10.0 Å². The number of benzene rings is 2. The smallest absolute Gasteiger partial charge is 0.338 e. The molecule has 34 heavy (non-hydrogen) atoms. The third-order valence-corrected chi connectivity index (χ3v) is 9.02. The van der Waals surface area contributed by atoms with Gasteiger partial charge in [-0.2, -0.15) is 4.31 Å². The standard InChI is InChI=1S/C25H29ClN2O5S/c1-17-6-5-7-18(2)28(17)24(29)16-33-25(30)20-10-11-22(26)23(14-20)34(31,32)27-13-12-19-8-3-4-9-21(19)15-27/h3-4,8-11,14,17-18H,5-7,12-13,15-16H2,1-2H3. The molecule has 0 radical (unpaired) electrons. The van der Waals surface area contributed by atoms with E-state index in [1.807, 2.05) is 38.1 Å². The fraction of sp³-hybridized carbons (Fsp3) is 0.440. The summed E-state index contributed by atoms with van der Waals surface area (Å²) in [6.07, 6.45) is 3.51. The van der Waals surface area contributed by atoms with E-state index in [1.54, 1.807) is 4.90 Å². The van der Waals surface area contributed by atoms with E-state index in [9.17, 15) is 18.0 Å². The number of amides is 1. The van der Waals surface area contributed by atoms with Gasteiger partial charge in [0.1, 0.15) is 4.90 Å². The van der Waals surface area contributed by atoms with E-state index in [0.29, 0.717) is 13.0 Å². The van der Waals surface area contributed by atoms with E-state index in [4.69, 9.17) is 16.3 Å². The molecular weight excluding hydrogens is 476 g/mol. The second-order valence-electron chi connectivity index (χ2n) is 9.01. The summed E-state index contributed by atoms with van der Waals surface area (Å²) in [4.78, 5) is 27.0. The van der Waals surface area contributed by atoms with Crippen LogP contribution in [0.3, 0.4) is 0 Å². The lowest BCUT2D eigenvalue weighted by atomic mass is 9.97. The summed E-state index contributed by atoms with van der Waals surface area (Å²) in [5.41, 5.74) is 2.11. The molecule has 1 amide bonds. The molecule has 7 nitrogen and oxygen atoms in total. The highest BCUT2D eigenvalue weighted by Crippen LogP contribution is 2.30. The van der Waals surface area contributed by atoms with Crippen molar-refractivity contribution in [3.63, 3.8) is 0 Å². The van der Waals surface area contributed by atoms with Crippen molar-refractivity contribution in [1.29, 1.82) is 0 Å². The maximum absolute atomic E-state index is 13.4. The number of sulfonamides is 1. The zero-order valence-corrected chi connectivity index (χ0v) is 20.9. The molecule has 0 spiro atoms. The van der Waals surface area contributed by atoms with E-state index >= 15 is 0 Å². The fourth-order valence-corrected chi connectivity index (χ4v) is 6.76. The molecule has 0 aromatic heterocycles. The molecule has 0 N–H and O–H groups in total. The van der Waals surface area contributed by atoms with Gasteiger partial charge in [-0.25, -0.2) is 13.2 Å². The van der Waals surface area contributed by atoms with Crippen LogP contribution in [0.4, 0.5) is 0 Å². The van der Waals surface area contributed by atoms with Gasteiger partial charge in [-0.1, -0.05) is 35.9 Å². The Kier molecular flexibility index (Phi) is 7.31. The summed E-state index contributed by atoms with van der Waals surface area (Å²) in [5, 5.41) is 0.0300. The molecule has 2 heterocycles. The Morgan fingerprint density at radius 3 is 2.44 bits per heavy atom. The maximum atomic E-state index is 13.4. The molecule has 4 rings (SSSR count). The van der Waals surface area contributed by atoms with Gasteiger partial charge in [0.15, 0.2) is 6.61 Å². The molecule has 2 aromatic rings. The van der Waals surface area contributed by atoms with E-state index in [-0.39, 0.29) is 46.6 Å². The fourth-order valence-electron chi connectivity index (χ4n) is 4.84. The molecule has 0 aliphatic carbocycles. The van der Waals surface area contributed by atoms with Crippen LogP contribution < -0.4 is 0 Å². The van der Waals surface area contributed by atoms with E-state index < -0.39 is 16.0 Å². The van der Waals surface area contributed by atoms with E-state index in [2.05, 4.69) is 0 Å². The lowest BCUT2D eigenvalue weighted by molar-refractivity contribution is -0.140. The van der Waals surface area contributed by atoms with Crippen molar-refractivity contribution in [2.45, 2.75) is 63.1 Å². The summed E-state index contributed by atoms with van der Waals surface area (Å²) >= 11 is 6.25. The lowest BCUT2D eigenvalue weighted by Gasteiger charge is -2.38. The average Bonchev–Trinajstić information content (AvgIpc) is 2.82. The van der Waals surface area contributed by atoms with Crippen LogP contribution in [0.1, 0.15) is 54.6 Å². The van der Waals surface area contributed by atoms with Crippen LogP contribution in [0.25, 0.3) is 0 Å². The van der Waals surface area contributed by atoms with Gasteiger partial charge in [0.25, 0.3) is 5.91 Å². The normalized spacial score (nSPS) is 21.1. The quantitative estimate of drug-likeness (QED) is 0.574. The number of esters is 1. The number of ether oxygens (including phenoxy) is 1. The number of nitrogens with zero attached hydrogens (tertiary/aromatic N) is 2. The first-order chi connectivity index (χ1) is 16.2. The van der Waals surface area contributed by atoms with Gasteiger partial charge in [0, 0.05) is 25.2 Å². The Labute approximate surface area is 205 Å². The van der Waals surface area contributed by atoms with Crippen molar-refractivity contribution in [3.05, 3.63) is 64.2 Å². The summed E-state index contributed by atoms with van der Waals surface area (Å²) in [6.45, 7) is 4.16. The number of carbonyl (C=O) groups excluding carboxylic acids is 2. The first kappa shape index (κ1) is 24.7. The minimum Gasteiger partial charge on any atom is -0.452 e. The number of likely N-dealkylation sites (tertiary alicyclic amines) is 1. The first-order valence-corrected chi connectivity index (χ1v) is 13.3. The van der Waals surface area contributed by atoms with Crippen molar-refractivity contribution in [3.8, 4) is 0 Å². The van der Waals surface area contributed by atoms with E-state index in [1.165, 1.54) is 22.5 Å². The highest BCUT2D eigenvalue weighted by Gasteiger charge is 2.32. The molecule has 2 aliphatic heterocycles. The van der Waals surface area contributed by atoms with Crippen molar-refractivity contribution in [2.24, 2.45) is 0 Å². The Balaban J connectivity index is 1.48. The van der Waals surface area contributed by atoms with Gasteiger partial charge in [0.05, 0.1) is 10.6 Å². The molecule has 9 heteroatoms. The third-order valence-electron chi connectivity index (χ3n) is 6.69. The van der Waals surface area contributed by atoms with Crippen LogP contribution in [-0.2, 0) is 32.5 Å². The number of piperidine rings is 1. The maximum Gasteiger partial charge on any atom is 0.338 e. The van der Waals surface area contributed by atoms with E-state index in [0.717, 1.165) is 30.4 Å². The molecule has 0 saturated carbocycles. The van der Waals surface area contributed by atoms with Gasteiger partial charge < -0.3 is 9.64 Å². The second-order valence-corrected chi connectivity index (χ2v) is 11.3. The first-order valence-electron chi connectivity index (χ1n) is 11.5. The van der Waals surface area contributed by atoms with Crippen molar-refractivity contribution >= 4 is 33.5 Å². The zero-order valence-electron chi connectivity index (χ0n) is 19.4. The molecule has 1 saturated heterocycles. The van der Waals surface area contributed by atoms with Gasteiger partial charge in [-0.15, -0.1) is 0 Å². The number of carbonyl (C=O) groups is 2. The van der Waals surface area contributed by atoms with Crippen LogP contribution >= 0.6 is 11.6 Å². The van der Waals surface area contributed by atoms with Gasteiger partial charge >= 0.3 is 5.97 Å². The number of fused-ring (bicyclic) bond motifs is 1. The number of rotatable bonds is 5. The van der Waals surface area contributed by atoms with Crippen LogP contribution in [-0.4, -0.2) is 54.7 Å². The summed E-state index contributed by atoms with van der Waals surface area (Å²) < 4.78 is 33.4. The molecule has 2 unspecified atom stereocenters. The second kappa shape index (κ2) is 10.1. The van der Waals surface area contributed by atoms with Crippen molar-refractivity contribution in [2.75, 3.05) is 13.2 Å². The highest BCUT2D eigenvalue weighted by atomic mass is 35.5. The number of hydrogen-bond acceptors (Lipinski definition) is 5.